The first-order valence-electron chi connectivity index (χ1n) is 6.26. The average Bonchev–Trinajstić information content (AvgIpc) is 2.90. The minimum absolute atomic E-state index is 0.443. The molecule has 3 rings (SSSR count). The number of anilines is 1. The number of hydrogen-bond acceptors (Lipinski definition) is 5. The van der Waals surface area contributed by atoms with E-state index in [1.54, 1.807) is 10.9 Å². The number of fused-ring (bicyclic) bond motifs is 1. The lowest BCUT2D eigenvalue weighted by Gasteiger charge is -2.06. The highest BCUT2D eigenvalue weighted by Crippen LogP contribution is 2.18. The predicted molar refractivity (Wildman–Crippen MR) is 77.2 cm³/mol. The summed E-state index contributed by atoms with van der Waals surface area (Å²) in [6.45, 7) is 0.601. The quantitative estimate of drug-likeness (QED) is 0.615. The van der Waals surface area contributed by atoms with Gasteiger partial charge in [0, 0.05) is 0 Å². The highest BCUT2D eigenvalue weighted by atomic mass is 16.2. The van der Waals surface area contributed by atoms with Crippen LogP contribution in [0.4, 0.5) is 10.6 Å². The molecular weight excluding hydrogens is 270 g/mol. The summed E-state index contributed by atoms with van der Waals surface area (Å²) in [7, 11) is 0. The summed E-state index contributed by atoms with van der Waals surface area (Å²) in [4.78, 5) is 19.0. The number of nitrogens with zero attached hydrogens (tertiary/aromatic N) is 4. The van der Waals surface area contributed by atoms with Crippen LogP contribution < -0.4 is 16.6 Å². The fraction of sp³-hybridized carbons (Fsp3) is 0.0769. The number of amides is 2. The van der Waals surface area contributed by atoms with Crippen molar-refractivity contribution >= 4 is 22.9 Å². The molecule has 0 radical (unpaired) electrons. The third-order valence-electron chi connectivity index (χ3n) is 2.91. The fourth-order valence-corrected chi connectivity index (χ4v) is 1.99. The maximum atomic E-state index is 10.7. The second kappa shape index (κ2) is 5.45. The first-order chi connectivity index (χ1) is 10.2. The Labute approximate surface area is 120 Å². The van der Waals surface area contributed by atoms with Gasteiger partial charge in [-0.2, -0.15) is 5.10 Å². The Balaban J connectivity index is 1.91. The van der Waals surface area contributed by atoms with Crippen LogP contribution in [-0.4, -0.2) is 25.8 Å². The Morgan fingerprint density at radius 3 is 2.81 bits per heavy atom. The first kappa shape index (κ1) is 12.9. The Hall–Kier alpha value is -3.16. The molecule has 0 fully saturated rings. The van der Waals surface area contributed by atoms with Crippen LogP contribution in [0.15, 0.2) is 42.9 Å². The molecule has 0 saturated heterocycles. The molecule has 106 valence electrons. The molecular formula is C13H13N7O. The third kappa shape index (κ3) is 2.73. The van der Waals surface area contributed by atoms with Crippen LogP contribution in [0.25, 0.3) is 11.0 Å². The normalized spacial score (nSPS) is 10.5. The number of nitrogens with one attached hydrogen (secondary N) is 2. The molecule has 2 heterocycles. The molecule has 2 amide bonds. The smallest absolute Gasteiger partial charge is 0.330 e. The molecule has 8 nitrogen and oxygen atoms in total. The van der Waals surface area contributed by atoms with Gasteiger partial charge in [-0.25, -0.2) is 19.4 Å². The summed E-state index contributed by atoms with van der Waals surface area (Å²) in [5, 5.41) is 5.01. The minimum atomic E-state index is -0.696. The maximum absolute atomic E-state index is 10.7. The molecule has 0 unspecified atom stereocenters. The number of primary amides is 1. The van der Waals surface area contributed by atoms with E-state index in [-0.39, 0.29) is 0 Å². The number of nitrogens with two attached hydrogens (primary N) is 1. The van der Waals surface area contributed by atoms with Gasteiger partial charge in [0.15, 0.2) is 11.5 Å². The molecule has 21 heavy (non-hydrogen) atoms. The van der Waals surface area contributed by atoms with Crippen molar-refractivity contribution in [3.05, 3.63) is 48.4 Å². The average molecular weight is 283 g/mol. The lowest BCUT2D eigenvalue weighted by molar-refractivity contribution is 0.250. The summed E-state index contributed by atoms with van der Waals surface area (Å²) in [5.41, 5.74) is 11.7. The lowest BCUT2D eigenvalue weighted by Crippen LogP contribution is -2.34. The van der Waals surface area contributed by atoms with Crippen LogP contribution in [0.1, 0.15) is 5.56 Å². The van der Waals surface area contributed by atoms with Crippen LogP contribution in [0, 0.1) is 0 Å². The van der Waals surface area contributed by atoms with E-state index >= 15 is 0 Å². The van der Waals surface area contributed by atoms with Crippen LogP contribution in [-0.2, 0) is 6.54 Å². The number of carbonyl (C=O) groups excluding carboxylic acids is 1. The van der Waals surface area contributed by atoms with Crippen LogP contribution >= 0.6 is 0 Å². The maximum Gasteiger partial charge on any atom is 0.330 e. The molecule has 4 N–H and O–H groups in total. The van der Waals surface area contributed by atoms with Crippen molar-refractivity contribution in [2.75, 3.05) is 5.43 Å². The van der Waals surface area contributed by atoms with E-state index in [0.717, 1.165) is 5.56 Å². The minimum Gasteiger partial charge on any atom is -0.350 e. The van der Waals surface area contributed by atoms with Gasteiger partial charge in [-0.15, -0.1) is 0 Å². The highest BCUT2D eigenvalue weighted by molar-refractivity contribution is 5.87. The van der Waals surface area contributed by atoms with Gasteiger partial charge in [-0.1, -0.05) is 30.3 Å². The van der Waals surface area contributed by atoms with Crippen molar-refractivity contribution in [2.24, 2.45) is 5.73 Å². The van der Waals surface area contributed by atoms with E-state index in [1.807, 2.05) is 30.3 Å². The van der Waals surface area contributed by atoms with Gasteiger partial charge in [0.25, 0.3) is 0 Å². The Morgan fingerprint density at radius 1 is 1.24 bits per heavy atom. The third-order valence-corrected chi connectivity index (χ3v) is 2.91. The molecule has 0 aliphatic heterocycles. The molecule has 0 aliphatic rings. The molecule has 0 saturated carbocycles. The molecule has 0 bridgehead atoms. The standard InChI is InChI=1S/C13H13N7O/c14-13(21)19-18-11-10-6-17-20(12(10)16-8-15-11)7-9-4-2-1-3-5-9/h1-6,8H,7H2,(H3,14,19,21)(H,15,16,18). The van der Waals surface area contributed by atoms with Crippen LogP contribution in [0.2, 0.25) is 0 Å². The number of rotatable bonds is 4. The van der Waals surface area contributed by atoms with Gasteiger partial charge in [-0.05, 0) is 5.56 Å². The van der Waals surface area contributed by atoms with Gasteiger partial charge >= 0.3 is 6.03 Å². The topological polar surface area (TPSA) is 111 Å². The summed E-state index contributed by atoms with van der Waals surface area (Å²) in [6, 6.07) is 9.24. The SMILES string of the molecule is NC(=O)NNc1ncnc2c1cnn2Cc1ccccc1. The van der Waals surface area contributed by atoms with Crippen molar-refractivity contribution in [1.82, 2.24) is 25.2 Å². The molecule has 3 aromatic rings. The number of urea groups is 1. The zero-order valence-electron chi connectivity index (χ0n) is 11.0. The molecule has 2 aromatic heterocycles. The largest absolute Gasteiger partial charge is 0.350 e. The monoisotopic (exact) mass is 283 g/mol. The van der Waals surface area contributed by atoms with E-state index in [2.05, 4.69) is 25.9 Å². The Morgan fingerprint density at radius 2 is 2.05 bits per heavy atom. The Bertz CT molecular complexity index is 769. The van der Waals surface area contributed by atoms with E-state index < -0.39 is 6.03 Å². The fourth-order valence-electron chi connectivity index (χ4n) is 1.99. The second-order valence-electron chi connectivity index (χ2n) is 4.36. The van der Waals surface area contributed by atoms with Crippen LogP contribution in [0.3, 0.4) is 0 Å². The molecule has 0 spiro atoms. The van der Waals surface area contributed by atoms with Gasteiger partial charge < -0.3 is 5.73 Å². The van der Waals surface area contributed by atoms with Crippen molar-refractivity contribution in [2.45, 2.75) is 6.54 Å². The second-order valence-corrected chi connectivity index (χ2v) is 4.36. The number of benzene rings is 1. The van der Waals surface area contributed by atoms with E-state index in [0.29, 0.717) is 23.4 Å². The van der Waals surface area contributed by atoms with Crippen molar-refractivity contribution in [3.8, 4) is 0 Å². The van der Waals surface area contributed by atoms with Gasteiger partial charge in [0.2, 0.25) is 0 Å². The number of hydrazine groups is 1. The molecule has 0 aliphatic carbocycles. The van der Waals surface area contributed by atoms with Crippen molar-refractivity contribution in [1.29, 1.82) is 0 Å². The highest BCUT2D eigenvalue weighted by Gasteiger charge is 2.10. The van der Waals surface area contributed by atoms with Gasteiger partial charge in [0.05, 0.1) is 18.1 Å². The zero-order chi connectivity index (χ0) is 14.7. The predicted octanol–water partition coefficient (Wildman–Crippen LogP) is 0.870. The van der Waals surface area contributed by atoms with E-state index in [1.165, 1.54) is 6.33 Å². The number of hydrogen-bond donors (Lipinski definition) is 3. The van der Waals surface area contributed by atoms with Gasteiger partial charge in [0.1, 0.15) is 6.33 Å². The van der Waals surface area contributed by atoms with Crippen LogP contribution in [0.5, 0.6) is 0 Å². The van der Waals surface area contributed by atoms with Gasteiger partial charge in [-0.3, -0.25) is 10.9 Å². The number of aromatic nitrogens is 4. The Kier molecular flexibility index (Phi) is 3.34. The van der Waals surface area contributed by atoms with E-state index in [4.69, 9.17) is 5.73 Å². The summed E-state index contributed by atoms with van der Waals surface area (Å²) in [6.07, 6.45) is 3.04. The first-order valence-corrected chi connectivity index (χ1v) is 6.26. The van der Waals surface area contributed by atoms with Crippen molar-refractivity contribution in [3.63, 3.8) is 0 Å². The lowest BCUT2D eigenvalue weighted by atomic mass is 10.2. The molecule has 1 aromatic carbocycles. The molecule has 0 atom stereocenters. The number of carbonyl (C=O) groups is 1. The molecule has 8 heteroatoms. The summed E-state index contributed by atoms with van der Waals surface area (Å²) in [5.74, 6) is 0.443. The van der Waals surface area contributed by atoms with E-state index in [9.17, 15) is 4.79 Å². The van der Waals surface area contributed by atoms with Crippen molar-refractivity contribution < 1.29 is 4.79 Å². The zero-order valence-corrected chi connectivity index (χ0v) is 11.0. The summed E-state index contributed by atoms with van der Waals surface area (Å²) >= 11 is 0. The summed E-state index contributed by atoms with van der Waals surface area (Å²) < 4.78 is 1.77.